The van der Waals surface area contributed by atoms with E-state index in [4.69, 9.17) is 9.57 Å². The van der Waals surface area contributed by atoms with Gasteiger partial charge in [-0.15, -0.1) is 0 Å². The standard InChI is InChI=1S/C8H15NO3/c1-2-5-11-7-8(10)9-4-3-6-12-9/h2-7H2,1H3. The minimum absolute atomic E-state index is 0.0686. The first-order valence-corrected chi connectivity index (χ1v) is 4.35. The molecule has 0 aliphatic carbocycles. The summed E-state index contributed by atoms with van der Waals surface area (Å²) in [7, 11) is 0. The number of carbonyl (C=O) groups is 1. The Morgan fingerprint density at radius 1 is 1.67 bits per heavy atom. The first-order valence-electron chi connectivity index (χ1n) is 4.35. The summed E-state index contributed by atoms with van der Waals surface area (Å²) in [4.78, 5) is 16.2. The van der Waals surface area contributed by atoms with E-state index in [2.05, 4.69) is 0 Å². The maximum absolute atomic E-state index is 11.2. The van der Waals surface area contributed by atoms with Gasteiger partial charge in [0, 0.05) is 6.61 Å². The van der Waals surface area contributed by atoms with Crippen molar-refractivity contribution in [3.63, 3.8) is 0 Å². The van der Waals surface area contributed by atoms with Gasteiger partial charge in [0.1, 0.15) is 6.61 Å². The summed E-state index contributed by atoms with van der Waals surface area (Å²) in [6, 6.07) is 0. The molecule has 0 spiro atoms. The number of nitrogens with zero attached hydrogens (tertiary/aromatic N) is 1. The van der Waals surface area contributed by atoms with E-state index in [1.807, 2.05) is 6.92 Å². The molecule has 0 N–H and O–H groups in total. The summed E-state index contributed by atoms with van der Waals surface area (Å²) in [5.74, 6) is -0.0686. The Morgan fingerprint density at radius 3 is 3.08 bits per heavy atom. The number of hydrogen-bond acceptors (Lipinski definition) is 3. The Bertz CT molecular complexity index is 143. The lowest BCUT2D eigenvalue weighted by atomic mass is 10.4. The average molecular weight is 173 g/mol. The second kappa shape index (κ2) is 5.11. The fourth-order valence-corrected chi connectivity index (χ4v) is 1.02. The van der Waals surface area contributed by atoms with Crippen LogP contribution in [0.3, 0.4) is 0 Å². The third-order valence-corrected chi connectivity index (χ3v) is 1.60. The third kappa shape index (κ3) is 2.79. The molecule has 0 saturated carbocycles. The fraction of sp³-hybridized carbons (Fsp3) is 0.875. The number of hydrogen-bond donors (Lipinski definition) is 0. The molecule has 1 fully saturated rings. The van der Waals surface area contributed by atoms with Crippen LogP contribution in [0.25, 0.3) is 0 Å². The number of amides is 1. The lowest BCUT2D eigenvalue weighted by Gasteiger charge is -2.13. The van der Waals surface area contributed by atoms with Crippen LogP contribution in [0.15, 0.2) is 0 Å². The Hall–Kier alpha value is -0.610. The molecule has 1 amide bonds. The quantitative estimate of drug-likeness (QED) is 0.584. The Balaban J connectivity index is 2.10. The minimum atomic E-state index is -0.0686. The summed E-state index contributed by atoms with van der Waals surface area (Å²) in [5, 5.41) is 1.38. The number of hydroxylamine groups is 2. The van der Waals surface area contributed by atoms with E-state index >= 15 is 0 Å². The summed E-state index contributed by atoms with van der Waals surface area (Å²) in [6.07, 6.45) is 1.87. The molecule has 1 aliphatic heterocycles. The smallest absolute Gasteiger partial charge is 0.272 e. The van der Waals surface area contributed by atoms with Gasteiger partial charge in [0.15, 0.2) is 0 Å². The van der Waals surface area contributed by atoms with Crippen LogP contribution in [0.1, 0.15) is 19.8 Å². The Labute approximate surface area is 72.4 Å². The van der Waals surface area contributed by atoms with E-state index in [-0.39, 0.29) is 12.5 Å². The third-order valence-electron chi connectivity index (χ3n) is 1.60. The summed E-state index contributed by atoms with van der Waals surface area (Å²) in [6.45, 7) is 4.15. The van der Waals surface area contributed by atoms with Gasteiger partial charge in [-0.05, 0) is 12.8 Å². The molecule has 1 rings (SSSR count). The average Bonchev–Trinajstić information content (AvgIpc) is 2.56. The van der Waals surface area contributed by atoms with Crippen molar-refractivity contribution in [3.05, 3.63) is 0 Å². The van der Waals surface area contributed by atoms with Crippen LogP contribution in [0.4, 0.5) is 0 Å². The minimum Gasteiger partial charge on any atom is -0.372 e. The van der Waals surface area contributed by atoms with Crippen LogP contribution in [0.2, 0.25) is 0 Å². The Morgan fingerprint density at radius 2 is 2.50 bits per heavy atom. The lowest BCUT2D eigenvalue weighted by Crippen LogP contribution is -2.30. The lowest BCUT2D eigenvalue weighted by molar-refractivity contribution is -0.173. The van der Waals surface area contributed by atoms with Gasteiger partial charge in [0.2, 0.25) is 0 Å². The highest BCUT2D eigenvalue weighted by Crippen LogP contribution is 2.04. The molecule has 12 heavy (non-hydrogen) atoms. The second-order valence-corrected chi connectivity index (χ2v) is 2.74. The normalized spacial score (nSPS) is 16.9. The molecule has 0 aromatic rings. The molecule has 1 aliphatic rings. The SMILES string of the molecule is CCCOCC(=O)N1CCCO1. The topological polar surface area (TPSA) is 38.8 Å². The van der Waals surface area contributed by atoms with E-state index in [1.54, 1.807) is 0 Å². The summed E-state index contributed by atoms with van der Waals surface area (Å²) < 4.78 is 5.09. The Kier molecular flexibility index (Phi) is 4.04. The van der Waals surface area contributed by atoms with Gasteiger partial charge in [0.25, 0.3) is 5.91 Å². The fourth-order valence-electron chi connectivity index (χ4n) is 1.02. The highest BCUT2D eigenvalue weighted by atomic mass is 16.7. The molecule has 0 aromatic carbocycles. The zero-order valence-corrected chi connectivity index (χ0v) is 7.41. The summed E-state index contributed by atoms with van der Waals surface area (Å²) in [5.41, 5.74) is 0. The molecular formula is C8H15NO3. The van der Waals surface area contributed by atoms with Gasteiger partial charge in [0.05, 0.1) is 13.2 Å². The largest absolute Gasteiger partial charge is 0.372 e. The number of carbonyl (C=O) groups excluding carboxylic acids is 1. The van der Waals surface area contributed by atoms with Gasteiger partial charge in [-0.3, -0.25) is 9.63 Å². The highest BCUT2D eigenvalue weighted by molar-refractivity contribution is 5.76. The van der Waals surface area contributed by atoms with E-state index < -0.39 is 0 Å². The molecule has 1 heterocycles. The molecule has 0 bridgehead atoms. The molecule has 4 nitrogen and oxygen atoms in total. The molecule has 0 aromatic heterocycles. The van der Waals surface area contributed by atoms with Crippen molar-refractivity contribution in [1.29, 1.82) is 0 Å². The first-order chi connectivity index (χ1) is 5.84. The molecule has 0 unspecified atom stereocenters. The van der Waals surface area contributed by atoms with E-state index in [9.17, 15) is 4.79 Å². The van der Waals surface area contributed by atoms with Gasteiger partial charge in [-0.1, -0.05) is 6.92 Å². The van der Waals surface area contributed by atoms with Gasteiger partial charge in [-0.25, -0.2) is 5.06 Å². The van der Waals surface area contributed by atoms with Crippen LogP contribution in [0.5, 0.6) is 0 Å². The predicted octanol–water partition coefficient (Wildman–Crippen LogP) is 0.577. The van der Waals surface area contributed by atoms with Crippen molar-refractivity contribution in [3.8, 4) is 0 Å². The number of ether oxygens (including phenoxy) is 1. The van der Waals surface area contributed by atoms with Crippen molar-refractivity contribution in [2.45, 2.75) is 19.8 Å². The molecule has 0 radical (unpaired) electrons. The van der Waals surface area contributed by atoms with Crippen LogP contribution >= 0.6 is 0 Å². The van der Waals surface area contributed by atoms with Crippen LogP contribution in [0, 0.1) is 0 Å². The van der Waals surface area contributed by atoms with Crippen LogP contribution in [-0.4, -0.2) is 37.3 Å². The highest BCUT2D eigenvalue weighted by Gasteiger charge is 2.18. The second-order valence-electron chi connectivity index (χ2n) is 2.74. The van der Waals surface area contributed by atoms with E-state index in [0.717, 1.165) is 12.8 Å². The monoisotopic (exact) mass is 173 g/mol. The summed E-state index contributed by atoms with van der Waals surface area (Å²) >= 11 is 0. The maximum Gasteiger partial charge on any atom is 0.272 e. The zero-order valence-electron chi connectivity index (χ0n) is 7.41. The van der Waals surface area contributed by atoms with E-state index in [1.165, 1.54) is 5.06 Å². The van der Waals surface area contributed by atoms with Crippen molar-refractivity contribution in [1.82, 2.24) is 5.06 Å². The van der Waals surface area contributed by atoms with Gasteiger partial charge >= 0.3 is 0 Å². The molecule has 70 valence electrons. The van der Waals surface area contributed by atoms with Crippen molar-refractivity contribution in [2.75, 3.05) is 26.4 Å². The van der Waals surface area contributed by atoms with Gasteiger partial charge in [-0.2, -0.15) is 0 Å². The van der Waals surface area contributed by atoms with Crippen molar-refractivity contribution in [2.24, 2.45) is 0 Å². The van der Waals surface area contributed by atoms with E-state index in [0.29, 0.717) is 19.8 Å². The molecule has 1 saturated heterocycles. The van der Waals surface area contributed by atoms with Crippen molar-refractivity contribution < 1.29 is 14.4 Å². The number of rotatable bonds is 4. The molecule has 4 heteroatoms. The zero-order chi connectivity index (χ0) is 8.81. The maximum atomic E-state index is 11.2. The first kappa shape index (κ1) is 9.48. The molecular weight excluding hydrogens is 158 g/mol. The van der Waals surface area contributed by atoms with Crippen LogP contribution in [-0.2, 0) is 14.4 Å². The van der Waals surface area contributed by atoms with Crippen molar-refractivity contribution >= 4 is 5.91 Å². The van der Waals surface area contributed by atoms with Gasteiger partial charge < -0.3 is 4.74 Å². The predicted molar refractivity (Wildman–Crippen MR) is 43.4 cm³/mol. The molecule has 0 atom stereocenters. The van der Waals surface area contributed by atoms with Crippen LogP contribution < -0.4 is 0 Å².